The topological polar surface area (TPSA) is 58.1 Å². The van der Waals surface area contributed by atoms with Crippen molar-refractivity contribution in [2.45, 2.75) is 19.8 Å². The van der Waals surface area contributed by atoms with Crippen LogP contribution in [0.4, 0.5) is 11.6 Å². The molecule has 23 heavy (non-hydrogen) atoms. The van der Waals surface area contributed by atoms with Gasteiger partial charge >= 0.3 is 0 Å². The van der Waals surface area contributed by atoms with Crippen LogP contribution in [-0.2, 0) is 4.79 Å². The number of carbonyl (C=O) groups excluding carboxylic acids is 1. The zero-order chi connectivity index (χ0) is 16.2. The van der Waals surface area contributed by atoms with E-state index in [1.165, 1.54) is 0 Å². The van der Waals surface area contributed by atoms with Crippen molar-refractivity contribution in [2.75, 3.05) is 23.3 Å². The Hall–Kier alpha value is -1.95. The van der Waals surface area contributed by atoms with Crippen LogP contribution < -0.4 is 10.2 Å². The van der Waals surface area contributed by atoms with Gasteiger partial charge < -0.3 is 10.2 Å². The maximum Gasteiger partial charge on any atom is 0.228 e. The standard InChI is InChI=1S/C17H19BrN4O/c1-12-3-2-4-16(20-12)22-9-7-13(8-10-22)17(23)21-15-6-5-14(18)11-19-15/h2-6,11,13H,7-10H2,1H3,(H,19,21,23). The summed E-state index contributed by atoms with van der Waals surface area (Å²) < 4.78 is 0.898. The molecule has 0 atom stereocenters. The van der Waals surface area contributed by atoms with E-state index in [9.17, 15) is 4.79 Å². The Morgan fingerprint density at radius 3 is 2.70 bits per heavy atom. The first-order valence-electron chi connectivity index (χ1n) is 7.73. The molecule has 0 saturated carbocycles. The van der Waals surface area contributed by atoms with E-state index in [1.807, 2.05) is 31.2 Å². The molecule has 0 spiro atoms. The van der Waals surface area contributed by atoms with E-state index in [2.05, 4.69) is 36.1 Å². The Labute approximate surface area is 144 Å². The van der Waals surface area contributed by atoms with Gasteiger partial charge in [-0.25, -0.2) is 9.97 Å². The summed E-state index contributed by atoms with van der Waals surface area (Å²) in [4.78, 5) is 23.3. The van der Waals surface area contributed by atoms with E-state index < -0.39 is 0 Å². The first kappa shape index (κ1) is 15.9. The zero-order valence-electron chi connectivity index (χ0n) is 13.0. The molecule has 120 valence electrons. The van der Waals surface area contributed by atoms with Gasteiger partial charge in [0.25, 0.3) is 0 Å². The molecule has 6 heteroatoms. The third-order valence-corrected chi connectivity index (χ3v) is 4.51. The van der Waals surface area contributed by atoms with Crippen LogP contribution >= 0.6 is 15.9 Å². The summed E-state index contributed by atoms with van der Waals surface area (Å²) >= 11 is 3.34. The first-order valence-corrected chi connectivity index (χ1v) is 8.52. The van der Waals surface area contributed by atoms with Crippen molar-refractivity contribution in [1.82, 2.24) is 9.97 Å². The summed E-state index contributed by atoms with van der Waals surface area (Å²) in [6.07, 6.45) is 3.34. The monoisotopic (exact) mass is 374 g/mol. The fraction of sp³-hybridized carbons (Fsp3) is 0.353. The van der Waals surface area contributed by atoms with Crippen LogP contribution in [0, 0.1) is 12.8 Å². The summed E-state index contributed by atoms with van der Waals surface area (Å²) in [6.45, 7) is 3.69. The molecular formula is C17H19BrN4O. The van der Waals surface area contributed by atoms with Crippen molar-refractivity contribution in [3.8, 4) is 0 Å². The van der Waals surface area contributed by atoms with Crippen molar-refractivity contribution in [3.05, 3.63) is 46.7 Å². The van der Waals surface area contributed by atoms with Gasteiger partial charge in [0.05, 0.1) is 0 Å². The number of nitrogens with zero attached hydrogens (tertiary/aromatic N) is 3. The van der Waals surface area contributed by atoms with E-state index in [4.69, 9.17) is 0 Å². The summed E-state index contributed by atoms with van der Waals surface area (Å²) in [6, 6.07) is 9.71. The van der Waals surface area contributed by atoms with E-state index in [-0.39, 0.29) is 11.8 Å². The minimum absolute atomic E-state index is 0.0292. The van der Waals surface area contributed by atoms with Gasteiger partial charge in [-0.2, -0.15) is 0 Å². The molecule has 0 bridgehead atoms. The molecule has 0 aliphatic carbocycles. The fourth-order valence-electron chi connectivity index (χ4n) is 2.75. The van der Waals surface area contributed by atoms with Gasteiger partial charge in [0, 0.05) is 35.4 Å². The number of aryl methyl sites for hydroxylation is 1. The summed E-state index contributed by atoms with van der Waals surface area (Å²) in [5, 5.41) is 2.90. The number of hydrogen-bond donors (Lipinski definition) is 1. The van der Waals surface area contributed by atoms with Crippen molar-refractivity contribution in [2.24, 2.45) is 5.92 Å². The Balaban J connectivity index is 1.56. The van der Waals surface area contributed by atoms with Crippen molar-refractivity contribution >= 4 is 33.5 Å². The van der Waals surface area contributed by atoms with Gasteiger partial charge in [-0.15, -0.1) is 0 Å². The molecular weight excluding hydrogens is 356 g/mol. The number of aromatic nitrogens is 2. The molecule has 2 aromatic rings. The second-order valence-corrected chi connectivity index (χ2v) is 6.67. The molecule has 1 aliphatic rings. The molecule has 5 nitrogen and oxygen atoms in total. The molecule has 2 aromatic heterocycles. The van der Waals surface area contributed by atoms with E-state index in [1.54, 1.807) is 12.3 Å². The van der Waals surface area contributed by atoms with Gasteiger partial charge in [-0.3, -0.25) is 4.79 Å². The molecule has 0 radical (unpaired) electrons. The lowest BCUT2D eigenvalue weighted by molar-refractivity contribution is -0.120. The molecule has 1 fully saturated rings. The minimum atomic E-state index is 0.0292. The number of pyridine rings is 2. The van der Waals surface area contributed by atoms with Crippen LogP contribution in [0.2, 0.25) is 0 Å². The number of carbonyl (C=O) groups is 1. The molecule has 3 rings (SSSR count). The SMILES string of the molecule is Cc1cccc(N2CCC(C(=O)Nc3ccc(Br)cn3)CC2)n1. The molecule has 1 N–H and O–H groups in total. The van der Waals surface area contributed by atoms with Gasteiger partial charge in [0.15, 0.2) is 0 Å². The quantitative estimate of drug-likeness (QED) is 0.894. The highest BCUT2D eigenvalue weighted by Gasteiger charge is 2.25. The number of amides is 1. The average molecular weight is 375 g/mol. The second-order valence-electron chi connectivity index (χ2n) is 5.75. The van der Waals surface area contributed by atoms with Crippen molar-refractivity contribution in [1.29, 1.82) is 0 Å². The average Bonchev–Trinajstić information content (AvgIpc) is 2.57. The van der Waals surface area contributed by atoms with E-state index >= 15 is 0 Å². The molecule has 3 heterocycles. The van der Waals surface area contributed by atoms with Gasteiger partial charge in [0.2, 0.25) is 5.91 Å². The maximum absolute atomic E-state index is 12.4. The van der Waals surface area contributed by atoms with Gasteiger partial charge in [-0.05, 0) is 60.0 Å². The maximum atomic E-state index is 12.4. The van der Waals surface area contributed by atoms with Gasteiger partial charge in [-0.1, -0.05) is 6.07 Å². The second kappa shape index (κ2) is 7.08. The van der Waals surface area contributed by atoms with Gasteiger partial charge in [0.1, 0.15) is 11.6 Å². The lowest BCUT2D eigenvalue weighted by atomic mass is 9.96. The van der Waals surface area contributed by atoms with E-state index in [0.29, 0.717) is 5.82 Å². The Morgan fingerprint density at radius 1 is 1.26 bits per heavy atom. The van der Waals surface area contributed by atoms with Crippen LogP contribution in [0.1, 0.15) is 18.5 Å². The van der Waals surface area contributed by atoms with Crippen LogP contribution in [0.15, 0.2) is 41.0 Å². The number of anilines is 2. The third-order valence-electron chi connectivity index (χ3n) is 4.04. The predicted molar refractivity (Wildman–Crippen MR) is 94.5 cm³/mol. The molecule has 1 aliphatic heterocycles. The highest BCUT2D eigenvalue weighted by molar-refractivity contribution is 9.10. The highest BCUT2D eigenvalue weighted by atomic mass is 79.9. The fourth-order valence-corrected chi connectivity index (χ4v) is 2.99. The van der Waals surface area contributed by atoms with Crippen LogP contribution in [-0.4, -0.2) is 29.0 Å². The molecule has 1 saturated heterocycles. The largest absolute Gasteiger partial charge is 0.357 e. The Bertz CT molecular complexity index is 681. The number of nitrogens with one attached hydrogen (secondary N) is 1. The Morgan fingerprint density at radius 2 is 2.04 bits per heavy atom. The Kier molecular flexibility index (Phi) is 4.91. The summed E-state index contributed by atoms with van der Waals surface area (Å²) in [5.41, 5.74) is 1.02. The normalized spacial score (nSPS) is 15.5. The zero-order valence-corrected chi connectivity index (χ0v) is 14.6. The molecule has 1 amide bonds. The van der Waals surface area contributed by atoms with Crippen LogP contribution in [0.25, 0.3) is 0 Å². The minimum Gasteiger partial charge on any atom is -0.357 e. The lowest BCUT2D eigenvalue weighted by Crippen LogP contribution is -2.38. The summed E-state index contributed by atoms with van der Waals surface area (Å²) in [5.74, 6) is 1.68. The molecule has 0 unspecified atom stereocenters. The highest BCUT2D eigenvalue weighted by Crippen LogP contribution is 2.23. The van der Waals surface area contributed by atoms with Crippen LogP contribution in [0.3, 0.4) is 0 Å². The lowest BCUT2D eigenvalue weighted by Gasteiger charge is -2.32. The number of halogens is 1. The number of piperidine rings is 1. The summed E-state index contributed by atoms with van der Waals surface area (Å²) in [7, 11) is 0. The van der Waals surface area contributed by atoms with Crippen molar-refractivity contribution < 1.29 is 4.79 Å². The first-order chi connectivity index (χ1) is 11.1. The van der Waals surface area contributed by atoms with Crippen molar-refractivity contribution in [3.63, 3.8) is 0 Å². The smallest absolute Gasteiger partial charge is 0.228 e. The molecule has 0 aromatic carbocycles. The van der Waals surface area contributed by atoms with E-state index in [0.717, 1.165) is 41.9 Å². The number of rotatable bonds is 3. The number of hydrogen-bond acceptors (Lipinski definition) is 4. The predicted octanol–water partition coefficient (Wildman–Crippen LogP) is 3.40. The third kappa shape index (κ3) is 4.07. The van der Waals surface area contributed by atoms with Crippen LogP contribution in [0.5, 0.6) is 0 Å².